The standard InChI is InChI=1S/C29H34FN3O4/c1-16(2)12-24(33-11-10-17(3)13-25(33)34)29(37)32-22(15-26(35)36)21-14-23(31-20(6)28(21)30)27-18(4)8-7-9-19(27)5/h7-11,13-14,16,22,24H,12,15H2,1-6H3,(H,32,37)(H,35,36)/t22-,24+/m1/s1. The number of carboxylic acids is 1. The number of nitrogens with one attached hydrogen (secondary N) is 1. The monoisotopic (exact) mass is 507 g/mol. The quantitative estimate of drug-likeness (QED) is 0.414. The van der Waals surface area contributed by atoms with Crippen molar-refractivity contribution in [3.8, 4) is 11.3 Å². The number of pyridine rings is 2. The lowest BCUT2D eigenvalue weighted by atomic mass is 9.95. The zero-order chi connectivity index (χ0) is 27.4. The Balaban J connectivity index is 2.09. The number of rotatable bonds is 9. The van der Waals surface area contributed by atoms with E-state index in [1.165, 1.54) is 23.6 Å². The van der Waals surface area contributed by atoms with E-state index in [0.717, 1.165) is 22.3 Å². The fourth-order valence-corrected chi connectivity index (χ4v) is 4.60. The zero-order valence-electron chi connectivity index (χ0n) is 22.1. The number of hydrogen-bond acceptors (Lipinski definition) is 4. The first kappa shape index (κ1) is 27.8. The van der Waals surface area contributed by atoms with E-state index in [1.54, 1.807) is 19.2 Å². The smallest absolute Gasteiger partial charge is 0.305 e. The molecule has 0 aliphatic rings. The molecule has 3 rings (SSSR count). The normalized spacial score (nSPS) is 12.9. The van der Waals surface area contributed by atoms with Gasteiger partial charge in [0.15, 0.2) is 0 Å². The number of nitrogens with zero attached hydrogens (tertiary/aromatic N) is 2. The van der Waals surface area contributed by atoms with Crippen LogP contribution in [0.4, 0.5) is 4.39 Å². The van der Waals surface area contributed by atoms with Crippen molar-refractivity contribution in [2.45, 2.75) is 66.5 Å². The maximum Gasteiger partial charge on any atom is 0.305 e. The lowest BCUT2D eigenvalue weighted by molar-refractivity contribution is -0.138. The average molecular weight is 508 g/mol. The molecule has 7 nitrogen and oxygen atoms in total. The molecule has 1 aromatic carbocycles. The molecule has 2 aromatic heterocycles. The van der Waals surface area contributed by atoms with Crippen LogP contribution in [0.15, 0.2) is 47.4 Å². The number of carbonyl (C=O) groups is 2. The Hall–Kier alpha value is -3.81. The topological polar surface area (TPSA) is 101 Å². The molecule has 0 radical (unpaired) electrons. The first-order chi connectivity index (χ1) is 17.4. The maximum atomic E-state index is 15.4. The van der Waals surface area contributed by atoms with Gasteiger partial charge in [-0.25, -0.2) is 4.39 Å². The van der Waals surface area contributed by atoms with Crippen molar-refractivity contribution in [3.63, 3.8) is 0 Å². The van der Waals surface area contributed by atoms with E-state index in [4.69, 9.17) is 0 Å². The van der Waals surface area contributed by atoms with Gasteiger partial charge in [0.2, 0.25) is 5.91 Å². The van der Waals surface area contributed by atoms with Crippen LogP contribution in [0.1, 0.15) is 66.7 Å². The maximum absolute atomic E-state index is 15.4. The summed E-state index contributed by atoms with van der Waals surface area (Å²) in [6.07, 6.45) is 1.38. The highest BCUT2D eigenvalue weighted by molar-refractivity contribution is 5.82. The van der Waals surface area contributed by atoms with Crippen LogP contribution >= 0.6 is 0 Å². The van der Waals surface area contributed by atoms with E-state index < -0.39 is 36.2 Å². The largest absolute Gasteiger partial charge is 0.481 e. The van der Waals surface area contributed by atoms with Gasteiger partial charge in [-0.2, -0.15) is 0 Å². The number of hydrogen-bond donors (Lipinski definition) is 2. The van der Waals surface area contributed by atoms with E-state index in [1.807, 2.05) is 45.9 Å². The van der Waals surface area contributed by atoms with Crippen molar-refractivity contribution in [3.05, 3.63) is 86.7 Å². The summed E-state index contributed by atoms with van der Waals surface area (Å²) < 4.78 is 16.8. The van der Waals surface area contributed by atoms with Crippen molar-refractivity contribution in [2.75, 3.05) is 0 Å². The summed E-state index contributed by atoms with van der Waals surface area (Å²) in [5, 5.41) is 12.4. The third-order valence-corrected chi connectivity index (χ3v) is 6.40. The van der Waals surface area contributed by atoms with Crippen LogP contribution in [0.5, 0.6) is 0 Å². The van der Waals surface area contributed by atoms with Gasteiger partial charge in [0.1, 0.15) is 11.9 Å². The summed E-state index contributed by atoms with van der Waals surface area (Å²) in [4.78, 5) is 42.4. The predicted molar refractivity (Wildman–Crippen MR) is 141 cm³/mol. The van der Waals surface area contributed by atoms with Gasteiger partial charge in [-0.3, -0.25) is 19.4 Å². The number of carbonyl (C=O) groups excluding carboxylic acids is 1. The lowest BCUT2D eigenvalue weighted by Gasteiger charge is -2.25. The third-order valence-electron chi connectivity index (χ3n) is 6.40. The number of benzene rings is 1. The minimum atomic E-state index is -1.19. The van der Waals surface area contributed by atoms with Gasteiger partial charge in [-0.15, -0.1) is 0 Å². The molecule has 0 bridgehead atoms. The lowest BCUT2D eigenvalue weighted by Crippen LogP contribution is -2.40. The molecule has 8 heteroatoms. The molecule has 2 N–H and O–H groups in total. The van der Waals surface area contributed by atoms with Gasteiger partial charge in [0, 0.05) is 23.4 Å². The first-order valence-electron chi connectivity index (χ1n) is 12.3. The minimum Gasteiger partial charge on any atom is -0.481 e. The molecule has 0 aliphatic heterocycles. The second-order valence-electron chi connectivity index (χ2n) is 10.0. The number of amides is 1. The second kappa shape index (κ2) is 11.5. The summed E-state index contributed by atoms with van der Waals surface area (Å²) >= 11 is 0. The summed E-state index contributed by atoms with van der Waals surface area (Å²) in [5.41, 5.74) is 3.80. The van der Waals surface area contributed by atoms with Crippen LogP contribution in [-0.2, 0) is 9.59 Å². The van der Waals surface area contributed by atoms with E-state index >= 15 is 4.39 Å². The Morgan fingerprint density at radius 1 is 1.08 bits per heavy atom. The molecule has 1 amide bonds. The highest BCUT2D eigenvalue weighted by Crippen LogP contribution is 2.31. The van der Waals surface area contributed by atoms with Crippen molar-refractivity contribution in [1.82, 2.24) is 14.9 Å². The number of aliphatic carboxylic acids is 1. The van der Waals surface area contributed by atoms with Gasteiger partial charge in [-0.1, -0.05) is 32.0 Å². The number of carboxylic acid groups (broad SMARTS) is 1. The predicted octanol–water partition coefficient (Wildman–Crippen LogP) is 5.20. The van der Waals surface area contributed by atoms with Crippen LogP contribution in [-0.4, -0.2) is 26.5 Å². The van der Waals surface area contributed by atoms with Gasteiger partial charge < -0.3 is 15.0 Å². The Bertz CT molecular complexity index is 1360. The van der Waals surface area contributed by atoms with Gasteiger partial charge in [-0.05, 0) is 68.9 Å². The van der Waals surface area contributed by atoms with E-state index in [-0.39, 0.29) is 22.7 Å². The summed E-state index contributed by atoms with van der Waals surface area (Å²) in [7, 11) is 0. The fourth-order valence-electron chi connectivity index (χ4n) is 4.60. The summed E-state index contributed by atoms with van der Waals surface area (Å²) in [6.45, 7) is 11.0. The van der Waals surface area contributed by atoms with Crippen molar-refractivity contribution >= 4 is 11.9 Å². The molecule has 0 fully saturated rings. The number of aryl methyl sites for hydroxylation is 4. The molecule has 2 heterocycles. The molecule has 37 heavy (non-hydrogen) atoms. The van der Waals surface area contributed by atoms with Gasteiger partial charge in [0.25, 0.3) is 5.56 Å². The molecule has 0 aliphatic carbocycles. The van der Waals surface area contributed by atoms with Crippen LogP contribution in [0.25, 0.3) is 11.3 Å². The molecule has 0 saturated heterocycles. The fraction of sp³-hybridized carbons (Fsp3) is 0.379. The second-order valence-corrected chi connectivity index (χ2v) is 10.0. The molecule has 3 aromatic rings. The highest BCUT2D eigenvalue weighted by atomic mass is 19.1. The van der Waals surface area contributed by atoms with Crippen molar-refractivity contribution < 1.29 is 19.1 Å². The molecular weight excluding hydrogens is 473 g/mol. The first-order valence-corrected chi connectivity index (χ1v) is 12.3. The Morgan fingerprint density at radius 3 is 2.30 bits per heavy atom. The van der Waals surface area contributed by atoms with E-state index in [9.17, 15) is 19.5 Å². The molecule has 2 atom stereocenters. The van der Waals surface area contributed by atoms with Crippen LogP contribution in [0.2, 0.25) is 0 Å². The molecule has 0 spiro atoms. The summed E-state index contributed by atoms with van der Waals surface area (Å²) in [5.74, 6) is -2.35. The van der Waals surface area contributed by atoms with E-state index in [2.05, 4.69) is 10.3 Å². The number of halogens is 1. The zero-order valence-corrected chi connectivity index (χ0v) is 22.1. The Labute approximate surface area is 216 Å². The highest BCUT2D eigenvalue weighted by Gasteiger charge is 2.29. The molecule has 0 saturated carbocycles. The SMILES string of the molecule is Cc1ccn([C@@H](CC(C)C)C(=O)N[C@H](CC(=O)O)c2cc(-c3c(C)cccc3C)nc(C)c2F)c(=O)c1. The number of aromatic nitrogens is 2. The van der Waals surface area contributed by atoms with E-state index in [0.29, 0.717) is 12.1 Å². The minimum absolute atomic E-state index is 0.0421. The average Bonchev–Trinajstić information content (AvgIpc) is 2.79. The third kappa shape index (κ3) is 6.50. The Morgan fingerprint density at radius 2 is 1.73 bits per heavy atom. The molecule has 196 valence electrons. The van der Waals surface area contributed by atoms with Crippen molar-refractivity contribution in [1.29, 1.82) is 0 Å². The van der Waals surface area contributed by atoms with Gasteiger partial charge in [0.05, 0.1) is 23.9 Å². The van der Waals surface area contributed by atoms with Crippen LogP contribution in [0.3, 0.4) is 0 Å². The molecule has 0 unspecified atom stereocenters. The summed E-state index contributed by atoms with van der Waals surface area (Å²) in [6, 6.07) is 8.42. The van der Waals surface area contributed by atoms with Crippen LogP contribution < -0.4 is 10.9 Å². The van der Waals surface area contributed by atoms with Crippen LogP contribution in [0, 0.1) is 39.4 Å². The molecular formula is C29H34FN3O4. The van der Waals surface area contributed by atoms with Gasteiger partial charge >= 0.3 is 5.97 Å². The van der Waals surface area contributed by atoms with Crippen molar-refractivity contribution in [2.24, 2.45) is 5.92 Å². The Kier molecular flexibility index (Phi) is 8.63.